The van der Waals surface area contributed by atoms with Crippen molar-refractivity contribution < 1.29 is 0 Å². The van der Waals surface area contributed by atoms with E-state index < -0.39 is 0 Å². The second kappa shape index (κ2) is 10.7. The molecular formula is C17H29IN6S. The summed E-state index contributed by atoms with van der Waals surface area (Å²) in [7, 11) is 0. The van der Waals surface area contributed by atoms with Crippen molar-refractivity contribution in [3.63, 3.8) is 0 Å². The highest BCUT2D eigenvalue weighted by atomic mass is 127. The molecule has 2 aromatic heterocycles. The zero-order chi connectivity index (χ0) is 17.5. The third-order valence-corrected chi connectivity index (χ3v) is 4.72. The van der Waals surface area contributed by atoms with Crippen LogP contribution in [0, 0.1) is 27.7 Å². The lowest BCUT2D eigenvalue weighted by atomic mass is 10.4. The van der Waals surface area contributed by atoms with E-state index in [4.69, 9.17) is 0 Å². The lowest BCUT2D eigenvalue weighted by molar-refractivity contribution is 0.555. The highest BCUT2D eigenvalue weighted by Crippen LogP contribution is 2.17. The largest absolute Gasteiger partial charge is 0.357 e. The molecule has 2 aromatic rings. The third kappa shape index (κ3) is 6.93. The van der Waals surface area contributed by atoms with E-state index in [-0.39, 0.29) is 24.0 Å². The van der Waals surface area contributed by atoms with Crippen molar-refractivity contribution >= 4 is 41.3 Å². The molecule has 140 valence electrons. The van der Waals surface area contributed by atoms with Gasteiger partial charge in [-0.2, -0.15) is 5.10 Å². The van der Waals surface area contributed by atoms with E-state index in [1.165, 1.54) is 10.6 Å². The van der Waals surface area contributed by atoms with Gasteiger partial charge in [0.15, 0.2) is 5.96 Å². The minimum Gasteiger partial charge on any atom is -0.357 e. The second-order valence-electron chi connectivity index (χ2n) is 5.87. The molecule has 2 N–H and O–H groups in total. The summed E-state index contributed by atoms with van der Waals surface area (Å²) in [4.78, 5) is 10.3. The van der Waals surface area contributed by atoms with Crippen LogP contribution in [0.5, 0.6) is 0 Å². The molecule has 0 aliphatic heterocycles. The number of rotatable bonds is 7. The first-order valence-electron chi connectivity index (χ1n) is 8.45. The predicted molar refractivity (Wildman–Crippen MR) is 116 cm³/mol. The predicted octanol–water partition coefficient (Wildman–Crippen LogP) is 3.34. The maximum Gasteiger partial charge on any atom is 0.191 e. The normalized spacial score (nSPS) is 11.3. The van der Waals surface area contributed by atoms with E-state index in [0.717, 1.165) is 48.4 Å². The van der Waals surface area contributed by atoms with Crippen LogP contribution < -0.4 is 10.6 Å². The van der Waals surface area contributed by atoms with E-state index >= 15 is 0 Å². The second-order valence-corrected chi connectivity index (χ2v) is 7.15. The summed E-state index contributed by atoms with van der Waals surface area (Å²) in [6.07, 6.45) is 1.01. The first-order chi connectivity index (χ1) is 11.5. The van der Waals surface area contributed by atoms with Crippen LogP contribution in [-0.2, 0) is 13.1 Å². The van der Waals surface area contributed by atoms with Crippen LogP contribution in [0.25, 0.3) is 0 Å². The maximum atomic E-state index is 4.67. The molecule has 0 bridgehead atoms. The van der Waals surface area contributed by atoms with Crippen molar-refractivity contribution in [3.05, 3.63) is 33.0 Å². The quantitative estimate of drug-likeness (QED) is 0.279. The summed E-state index contributed by atoms with van der Waals surface area (Å²) in [6.45, 7) is 13.6. The molecule has 6 nitrogen and oxygen atoms in total. The van der Waals surface area contributed by atoms with E-state index in [2.05, 4.69) is 50.3 Å². The molecule has 0 fully saturated rings. The molecular weight excluding hydrogens is 447 g/mol. The number of aryl methyl sites for hydroxylation is 5. The number of thiazole rings is 1. The van der Waals surface area contributed by atoms with Crippen molar-refractivity contribution in [2.45, 2.75) is 54.1 Å². The fourth-order valence-corrected chi connectivity index (χ4v) is 3.41. The van der Waals surface area contributed by atoms with Gasteiger partial charge in [0, 0.05) is 30.2 Å². The van der Waals surface area contributed by atoms with Crippen LogP contribution in [-0.4, -0.2) is 33.8 Å². The number of guanidine groups is 1. The number of aromatic nitrogens is 3. The van der Waals surface area contributed by atoms with E-state index in [0.29, 0.717) is 6.54 Å². The average Bonchev–Trinajstić information content (AvgIpc) is 3.01. The first-order valence-corrected chi connectivity index (χ1v) is 9.27. The molecule has 0 saturated carbocycles. The van der Waals surface area contributed by atoms with Gasteiger partial charge >= 0.3 is 0 Å². The molecule has 0 aromatic carbocycles. The van der Waals surface area contributed by atoms with Gasteiger partial charge in [0.2, 0.25) is 0 Å². The number of halogens is 1. The summed E-state index contributed by atoms with van der Waals surface area (Å²) >= 11 is 1.72. The Morgan fingerprint density at radius 2 is 2.00 bits per heavy atom. The zero-order valence-corrected chi connectivity index (χ0v) is 18.9. The number of hydrogen-bond donors (Lipinski definition) is 2. The van der Waals surface area contributed by atoms with Crippen LogP contribution >= 0.6 is 35.3 Å². The average molecular weight is 476 g/mol. The van der Waals surface area contributed by atoms with Gasteiger partial charge in [0.05, 0.1) is 22.9 Å². The monoisotopic (exact) mass is 476 g/mol. The molecule has 0 saturated heterocycles. The molecule has 0 unspecified atom stereocenters. The molecule has 2 heterocycles. The van der Waals surface area contributed by atoms with Gasteiger partial charge < -0.3 is 10.6 Å². The topological polar surface area (TPSA) is 67.1 Å². The van der Waals surface area contributed by atoms with Gasteiger partial charge in [-0.25, -0.2) is 9.98 Å². The van der Waals surface area contributed by atoms with Crippen molar-refractivity contribution in [2.24, 2.45) is 4.99 Å². The Morgan fingerprint density at radius 3 is 2.56 bits per heavy atom. The smallest absolute Gasteiger partial charge is 0.191 e. The maximum absolute atomic E-state index is 4.67. The Labute approximate surface area is 171 Å². The minimum absolute atomic E-state index is 0. The fourth-order valence-electron chi connectivity index (χ4n) is 2.55. The number of nitrogens with zero attached hydrogens (tertiary/aromatic N) is 4. The van der Waals surface area contributed by atoms with E-state index in [9.17, 15) is 0 Å². The Balaban J connectivity index is 0.00000312. The minimum atomic E-state index is 0. The van der Waals surface area contributed by atoms with Gasteiger partial charge in [0.25, 0.3) is 0 Å². The molecule has 0 spiro atoms. The standard InChI is InChI=1S/C17H28N6S.HI/c1-6-18-17(20-11-16-14(4)21-15(5)24-16)19-8-7-9-23-13(3)10-12(2)22-23;/h10H,6-9,11H2,1-5H3,(H2,18,19,20);1H. The summed E-state index contributed by atoms with van der Waals surface area (Å²) in [6, 6.07) is 2.11. The lowest BCUT2D eigenvalue weighted by Gasteiger charge is -2.11. The van der Waals surface area contributed by atoms with Crippen LogP contribution in [0.1, 0.15) is 40.3 Å². The Bertz CT molecular complexity index is 691. The van der Waals surface area contributed by atoms with Crippen molar-refractivity contribution in [1.82, 2.24) is 25.4 Å². The summed E-state index contributed by atoms with van der Waals surface area (Å²) in [5.41, 5.74) is 3.37. The molecule has 0 amide bonds. The molecule has 2 rings (SSSR count). The van der Waals surface area contributed by atoms with Gasteiger partial charge in [-0.1, -0.05) is 0 Å². The summed E-state index contributed by atoms with van der Waals surface area (Å²) in [5, 5.41) is 12.3. The summed E-state index contributed by atoms with van der Waals surface area (Å²) < 4.78 is 2.06. The molecule has 25 heavy (non-hydrogen) atoms. The lowest BCUT2D eigenvalue weighted by Crippen LogP contribution is -2.38. The molecule has 0 radical (unpaired) electrons. The van der Waals surface area contributed by atoms with Gasteiger partial charge in [-0.05, 0) is 47.1 Å². The number of aliphatic imine (C=N–C) groups is 1. The summed E-state index contributed by atoms with van der Waals surface area (Å²) in [5.74, 6) is 0.858. The van der Waals surface area contributed by atoms with Crippen LogP contribution in [0.3, 0.4) is 0 Å². The molecule has 0 aliphatic rings. The SMILES string of the molecule is CCNC(=NCc1sc(C)nc1C)NCCCn1nc(C)cc1C.I. The Morgan fingerprint density at radius 1 is 1.24 bits per heavy atom. The van der Waals surface area contributed by atoms with Crippen molar-refractivity contribution in [3.8, 4) is 0 Å². The fraction of sp³-hybridized carbons (Fsp3) is 0.588. The van der Waals surface area contributed by atoms with Gasteiger partial charge in [0.1, 0.15) is 0 Å². The van der Waals surface area contributed by atoms with Crippen molar-refractivity contribution in [2.75, 3.05) is 13.1 Å². The molecule has 0 aliphatic carbocycles. The molecule has 0 atom stereocenters. The number of hydrogen-bond acceptors (Lipinski definition) is 4. The Kier molecular flexibility index (Phi) is 9.41. The van der Waals surface area contributed by atoms with E-state index in [1.807, 2.05) is 20.8 Å². The van der Waals surface area contributed by atoms with E-state index in [1.54, 1.807) is 11.3 Å². The first kappa shape index (κ1) is 21.9. The number of nitrogens with one attached hydrogen (secondary N) is 2. The Hall–Kier alpha value is -1.16. The van der Waals surface area contributed by atoms with Crippen LogP contribution in [0.4, 0.5) is 0 Å². The van der Waals surface area contributed by atoms with Gasteiger partial charge in [-0.15, -0.1) is 35.3 Å². The zero-order valence-electron chi connectivity index (χ0n) is 15.7. The highest BCUT2D eigenvalue weighted by molar-refractivity contribution is 14.0. The third-order valence-electron chi connectivity index (χ3n) is 3.67. The van der Waals surface area contributed by atoms with Crippen molar-refractivity contribution in [1.29, 1.82) is 0 Å². The molecule has 8 heteroatoms. The van der Waals surface area contributed by atoms with Gasteiger partial charge in [-0.3, -0.25) is 4.68 Å². The highest BCUT2D eigenvalue weighted by Gasteiger charge is 2.05. The van der Waals surface area contributed by atoms with Crippen LogP contribution in [0.2, 0.25) is 0 Å². The van der Waals surface area contributed by atoms with Crippen LogP contribution in [0.15, 0.2) is 11.1 Å².